The van der Waals surface area contributed by atoms with Gasteiger partial charge >= 0.3 is 0 Å². The fourth-order valence-electron chi connectivity index (χ4n) is 2.38. The molecule has 0 spiro atoms. The van der Waals surface area contributed by atoms with Gasteiger partial charge < -0.3 is 5.32 Å². The van der Waals surface area contributed by atoms with Gasteiger partial charge in [0.1, 0.15) is 0 Å². The van der Waals surface area contributed by atoms with Crippen molar-refractivity contribution in [3.05, 3.63) is 56.7 Å². The standard InChI is InChI=1S/C17H23BrN2S/c1-13(2)19-10-16(15-7-5-4-6-8-15)20(3)11-14-9-17(18)21-12-14/h4-9,12-13,16,19H,10-11H2,1-3H3. The second-order valence-electron chi connectivity index (χ2n) is 5.66. The molecule has 0 radical (unpaired) electrons. The molecule has 2 rings (SSSR count). The molecule has 4 heteroatoms. The Hall–Kier alpha value is -0.680. The lowest BCUT2D eigenvalue weighted by atomic mass is 10.0. The monoisotopic (exact) mass is 366 g/mol. The van der Waals surface area contributed by atoms with Crippen molar-refractivity contribution in [2.24, 2.45) is 0 Å². The summed E-state index contributed by atoms with van der Waals surface area (Å²) in [6, 6.07) is 13.8. The van der Waals surface area contributed by atoms with Crippen LogP contribution in [0.25, 0.3) is 0 Å². The van der Waals surface area contributed by atoms with E-state index in [4.69, 9.17) is 0 Å². The Labute approximate surface area is 140 Å². The number of rotatable bonds is 7. The lowest BCUT2D eigenvalue weighted by molar-refractivity contribution is 0.226. The summed E-state index contributed by atoms with van der Waals surface area (Å²) in [6.07, 6.45) is 0. The average Bonchev–Trinajstić information content (AvgIpc) is 2.85. The minimum absolute atomic E-state index is 0.382. The van der Waals surface area contributed by atoms with Gasteiger partial charge in [0.2, 0.25) is 0 Å². The smallest absolute Gasteiger partial charge is 0.0701 e. The third-order valence-corrected chi connectivity index (χ3v) is 5.04. The highest BCUT2D eigenvalue weighted by molar-refractivity contribution is 9.11. The summed E-state index contributed by atoms with van der Waals surface area (Å²) in [5.41, 5.74) is 2.72. The Morgan fingerprint density at radius 1 is 1.24 bits per heavy atom. The van der Waals surface area contributed by atoms with Crippen molar-refractivity contribution in [1.29, 1.82) is 0 Å². The Bertz CT molecular complexity index is 539. The topological polar surface area (TPSA) is 15.3 Å². The molecule has 0 bridgehead atoms. The van der Waals surface area contributed by atoms with Gasteiger partial charge in [-0.25, -0.2) is 0 Å². The molecule has 2 nitrogen and oxygen atoms in total. The number of hydrogen-bond donors (Lipinski definition) is 1. The largest absolute Gasteiger partial charge is 0.313 e. The minimum atomic E-state index is 0.382. The highest BCUT2D eigenvalue weighted by Crippen LogP contribution is 2.25. The SMILES string of the molecule is CC(C)NCC(c1ccccc1)N(C)Cc1csc(Br)c1. The van der Waals surface area contributed by atoms with E-state index in [1.807, 2.05) is 0 Å². The van der Waals surface area contributed by atoms with Crippen molar-refractivity contribution in [2.45, 2.75) is 32.5 Å². The summed E-state index contributed by atoms with van der Waals surface area (Å²) in [7, 11) is 2.20. The van der Waals surface area contributed by atoms with Gasteiger partial charge in [-0.3, -0.25) is 4.90 Å². The Morgan fingerprint density at radius 3 is 2.52 bits per heavy atom. The highest BCUT2D eigenvalue weighted by atomic mass is 79.9. The summed E-state index contributed by atoms with van der Waals surface area (Å²) in [5, 5.41) is 5.79. The van der Waals surface area contributed by atoms with Crippen LogP contribution in [0.1, 0.15) is 31.0 Å². The molecule has 1 N–H and O–H groups in total. The summed E-state index contributed by atoms with van der Waals surface area (Å²) in [5.74, 6) is 0. The third-order valence-electron chi connectivity index (χ3n) is 3.49. The van der Waals surface area contributed by atoms with Gasteiger partial charge in [-0.2, -0.15) is 0 Å². The first-order chi connectivity index (χ1) is 10.1. The van der Waals surface area contributed by atoms with Gasteiger partial charge in [0.05, 0.1) is 3.79 Å². The maximum absolute atomic E-state index is 3.57. The number of nitrogens with one attached hydrogen (secondary N) is 1. The van der Waals surface area contributed by atoms with Gasteiger partial charge in [-0.1, -0.05) is 44.2 Å². The van der Waals surface area contributed by atoms with E-state index in [0.29, 0.717) is 12.1 Å². The van der Waals surface area contributed by atoms with E-state index >= 15 is 0 Å². The van der Waals surface area contributed by atoms with E-state index in [-0.39, 0.29) is 0 Å². The summed E-state index contributed by atoms with van der Waals surface area (Å²) in [4.78, 5) is 2.42. The molecule has 0 aliphatic rings. The number of nitrogens with zero attached hydrogens (tertiary/aromatic N) is 1. The second kappa shape index (κ2) is 8.08. The van der Waals surface area contributed by atoms with Crippen molar-refractivity contribution in [2.75, 3.05) is 13.6 Å². The Morgan fingerprint density at radius 2 is 1.95 bits per heavy atom. The molecule has 0 saturated heterocycles. The van der Waals surface area contributed by atoms with Crippen LogP contribution in [-0.2, 0) is 6.54 Å². The van der Waals surface area contributed by atoms with Crippen molar-refractivity contribution >= 4 is 27.3 Å². The van der Waals surface area contributed by atoms with E-state index in [9.17, 15) is 0 Å². The molecule has 0 saturated carbocycles. The zero-order valence-corrected chi connectivity index (χ0v) is 15.2. The zero-order chi connectivity index (χ0) is 15.2. The van der Waals surface area contributed by atoms with Crippen LogP contribution in [0.3, 0.4) is 0 Å². The van der Waals surface area contributed by atoms with Crippen molar-refractivity contribution < 1.29 is 0 Å². The van der Waals surface area contributed by atoms with Gasteiger partial charge in [0.15, 0.2) is 0 Å². The Kier molecular flexibility index (Phi) is 6.42. The molecule has 0 amide bonds. The van der Waals surface area contributed by atoms with Crippen LogP contribution in [0.4, 0.5) is 0 Å². The maximum atomic E-state index is 3.57. The molecule has 0 fully saturated rings. The lowest BCUT2D eigenvalue weighted by Crippen LogP contribution is -2.35. The van der Waals surface area contributed by atoms with Gasteiger partial charge in [0.25, 0.3) is 0 Å². The molecular weight excluding hydrogens is 344 g/mol. The third kappa shape index (κ3) is 5.22. The van der Waals surface area contributed by atoms with Crippen LogP contribution < -0.4 is 5.32 Å². The summed E-state index contributed by atoms with van der Waals surface area (Å²) in [6.45, 7) is 6.31. The lowest BCUT2D eigenvalue weighted by Gasteiger charge is -2.29. The van der Waals surface area contributed by atoms with Crippen molar-refractivity contribution in [3.8, 4) is 0 Å². The number of benzene rings is 1. The molecule has 114 valence electrons. The molecule has 1 atom stereocenters. The quantitative estimate of drug-likeness (QED) is 0.764. The predicted octanol–water partition coefficient (Wildman–Crippen LogP) is 4.68. The number of likely N-dealkylation sites (N-methyl/N-ethyl adjacent to an activating group) is 1. The van der Waals surface area contributed by atoms with E-state index in [2.05, 4.69) is 88.8 Å². The van der Waals surface area contributed by atoms with Gasteiger partial charge in [-0.15, -0.1) is 11.3 Å². The van der Waals surface area contributed by atoms with Crippen LogP contribution in [0.2, 0.25) is 0 Å². The van der Waals surface area contributed by atoms with E-state index < -0.39 is 0 Å². The van der Waals surface area contributed by atoms with Crippen molar-refractivity contribution in [1.82, 2.24) is 10.2 Å². The summed E-state index contributed by atoms with van der Waals surface area (Å²) >= 11 is 5.29. The number of hydrogen-bond acceptors (Lipinski definition) is 3. The minimum Gasteiger partial charge on any atom is -0.313 e. The van der Waals surface area contributed by atoms with E-state index in [0.717, 1.165) is 13.1 Å². The number of halogens is 1. The zero-order valence-electron chi connectivity index (χ0n) is 12.8. The highest BCUT2D eigenvalue weighted by Gasteiger charge is 2.17. The predicted molar refractivity (Wildman–Crippen MR) is 95.8 cm³/mol. The molecule has 1 aromatic carbocycles. The van der Waals surface area contributed by atoms with E-state index in [1.54, 1.807) is 11.3 Å². The summed E-state index contributed by atoms with van der Waals surface area (Å²) < 4.78 is 1.20. The molecule has 2 aromatic rings. The first-order valence-electron chi connectivity index (χ1n) is 7.27. The van der Waals surface area contributed by atoms with Crippen LogP contribution in [0.5, 0.6) is 0 Å². The first kappa shape index (κ1) is 16.7. The fraction of sp³-hybridized carbons (Fsp3) is 0.412. The fourth-order valence-corrected chi connectivity index (χ4v) is 3.58. The normalized spacial score (nSPS) is 13.0. The molecular formula is C17H23BrN2S. The molecule has 1 aromatic heterocycles. The molecule has 0 aliphatic heterocycles. The van der Waals surface area contributed by atoms with Crippen LogP contribution in [-0.4, -0.2) is 24.5 Å². The number of thiophene rings is 1. The Balaban J connectivity index is 2.10. The second-order valence-corrected chi connectivity index (χ2v) is 7.95. The van der Waals surface area contributed by atoms with E-state index in [1.165, 1.54) is 14.9 Å². The van der Waals surface area contributed by atoms with Crippen LogP contribution in [0, 0.1) is 0 Å². The maximum Gasteiger partial charge on any atom is 0.0701 e. The molecule has 21 heavy (non-hydrogen) atoms. The van der Waals surface area contributed by atoms with Gasteiger partial charge in [-0.05, 0) is 45.6 Å². The van der Waals surface area contributed by atoms with Crippen LogP contribution >= 0.6 is 27.3 Å². The van der Waals surface area contributed by atoms with Crippen LogP contribution in [0.15, 0.2) is 45.6 Å². The average molecular weight is 367 g/mol. The van der Waals surface area contributed by atoms with Crippen molar-refractivity contribution in [3.63, 3.8) is 0 Å². The van der Waals surface area contributed by atoms with Gasteiger partial charge in [0, 0.05) is 25.2 Å². The molecule has 1 heterocycles. The molecule has 1 unspecified atom stereocenters. The molecule has 0 aliphatic carbocycles. The first-order valence-corrected chi connectivity index (χ1v) is 8.95.